The molecule has 1 heterocycles. The molecule has 2 amide bonds. The number of rotatable bonds is 8. The van der Waals surface area contributed by atoms with E-state index in [4.69, 9.17) is 4.74 Å². The number of hydrogen-bond donors (Lipinski definition) is 2. The van der Waals surface area contributed by atoms with E-state index in [2.05, 4.69) is 10.6 Å². The molecule has 9 nitrogen and oxygen atoms in total. The number of ether oxygens (including phenoxy) is 1. The molecule has 0 unspecified atom stereocenters. The van der Waals surface area contributed by atoms with Crippen molar-refractivity contribution in [3.63, 3.8) is 0 Å². The van der Waals surface area contributed by atoms with Crippen LogP contribution in [-0.4, -0.2) is 36.4 Å². The van der Waals surface area contributed by atoms with Gasteiger partial charge in [0.2, 0.25) is 5.91 Å². The van der Waals surface area contributed by atoms with Gasteiger partial charge in [-0.1, -0.05) is 12.1 Å². The van der Waals surface area contributed by atoms with Gasteiger partial charge in [0.15, 0.2) is 0 Å². The normalized spacial score (nSPS) is 13.6. The summed E-state index contributed by atoms with van der Waals surface area (Å²) < 4.78 is 5.40. The maximum absolute atomic E-state index is 12.8. The highest BCUT2D eigenvalue weighted by Gasteiger charge is 2.28. The standard InChI is InChI=1S/C27H28N4O5/c1-2-36-23-13-11-22(12-14-23)29-26(32)19-7-9-21(10-8-19)28-27(33)20-15-17-30(18-16-20)24-5-3-4-6-25(24)31(34)35/h3-14,20H,2,15-18H2,1H3,(H,28,33)(H,29,32). The molecule has 9 heteroatoms. The summed E-state index contributed by atoms with van der Waals surface area (Å²) in [5, 5.41) is 17.1. The number of carbonyl (C=O) groups is 2. The number of para-hydroxylation sites is 2. The van der Waals surface area contributed by atoms with Gasteiger partial charge in [-0.25, -0.2) is 0 Å². The van der Waals surface area contributed by atoms with Gasteiger partial charge in [-0.15, -0.1) is 0 Å². The van der Waals surface area contributed by atoms with Crippen LogP contribution < -0.4 is 20.3 Å². The second-order valence-corrected chi connectivity index (χ2v) is 8.49. The average Bonchev–Trinajstić information content (AvgIpc) is 2.90. The van der Waals surface area contributed by atoms with Crippen LogP contribution in [0.25, 0.3) is 0 Å². The highest BCUT2D eigenvalue weighted by atomic mass is 16.6. The third kappa shape index (κ3) is 5.99. The number of nitro benzene ring substituents is 1. The Hall–Kier alpha value is -4.40. The summed E-state index contributed by atoms with van der Waals surface area (Å²) >= 11 is 0. The zero-order chi connectivity index (χ0) is 25.5. The van der Waals surface area contributed by atoms with Crippen LogP contribution in [-0.2, 0) is 4.79 Å². The number of piperidine rings is 1. The van der Waals surface area contributed by atoms with Gasteiger partial charge in [0.25, 0.3) is 11.6 Å². The molecule has 0 saturated carbocycles. The molecule has 3 aromatic rings. The molecule has 36 heavy (non-hydrogen) atoms. The minimum Gasteiger partial charge on any atom is -0.494 e. The molecule has 0 atom stereocenters. The maximum Gasteiger partial charge on any atom is 0.292 e. The quantitative estimate of drug-likeness (QED) is 0.337. The number of hydrogen-bond acceptors (Lipinski definition) is 6. The van der Waals surface area contributed by atoms with E-state index in [0.29, 0.717) is 55.2 Å². The van der Waals surface area contributed by atoms with Crippen LogP contribution >= 0.6 is 0 Å². The fourth-order valence-corrected chi connectivity index (χ4v) is 4.22. The molecule has 0 aromatic heterocycles. The van der Waals surface area contributed by atoms with Crippen LogP contribution in [0.4, 0.5) is 22.7 Å². The lowest BCUT2D eigenvalue weighted by atomic mass is 9.95. The highest BCUT2D eigenvalue weighted by molar-refractivity contribution is 6.04. The first kappa shape index (κ1) is 24.7. The number of anilines is 3. The zero-order valence-corrected chi connectivity index (χ0v) is 20.0. The third-order valence-corrected chi connectivity index (χ3v) is 6.12. The number of benzene rings is 3. The Balaban J connectivity index is 1.29. The topological polar surface area (TPSA) is 114 Å². The summed E-state index contributed by atoms with van der Waals surface area (Å²) in [4.78, 5) is 38.2. The number of amides is 2. The summed E-state index contributed by atoms with van der Waals surface area (Å²) in [6, 6.07) is 20.5. The lowest BCUT2D eigenvalue weighted by Crippen LogP contribution is -2.38. The lowest BCUT2D eigenvalue weighted by molar-refractivity contribution is -0.384. The van der Waals surface area contributed by atoms with E-state index in [1.54, 1.807) is 66.7 Å². The van der Waals surface area contributed by atoms with E-state index in [1.807, 2.05) is 11.8 Å². The van der Waals surface area contributed by atoms with E-state index >= 15 is 0 Å². The maximum atomic E-state index is 12.8. The molecule has 2 N–H and O–H groups in total. The summed E-state index contributed by atoms with van der Waals surface area (Å²) in [6.07, 6.45) is 1.20. The van der Waals surface area contributed by atoms with Gasteiger partial charge >= 0.3 is 0 Å². The van der Waals surface area contributed by atoms with Crippen molar-refractivity contribution >= 4 is 34.6 Å². The van der Waals surface area contributed by atoms with Crippen molar-refractivity contribution in [3.05, 3.63) is 88.5 Å². The molecule has 0 aliphatic carbocycles. The number of nitro groups is 1. The SMILES string of the molecule is CCOc1ccc(NC(=O)c2ccc(NC(=O)C3CCN(c4ccccc4[N+](=O)[O-])CC3)cc2)cc1. The van der Waals surface area contributed by atoms with Gasteiger partial charge in [0.1, 0.15) is 11.4 Å². The molecule has 0 bridgehead atoms. The molecule has 3 aromatic carbocycles. The first-order valence-electron chi connectivity index (χ1n) is 11.9. The Morgan fingerprint density at radius 1 is 0.944 bits per heavy atom. The van der Waals surface area contributed by atoms with Crippen molar-refractivity contribution in [2.45, 2.75) is 19.8 Å². The molecular formula is C27H28N4O5. The van der Waals surface area contributed by atoms with Crippen LogP contribution in [0.3, 0.4) is 0 Å². The molecule has 1 aliphatic heterocycles. The van der Waals surface area contributed by atoms with E-state index in [1.165, 1.54) is 6.07 Å². The summed E-state index contributed by atoms with van der Waals surface area (Å²) in [5.41, 5.74) is 2.40. The van der Waals surface area contributed by atoms with Gasteiger partial charge in [-0.05, 0) is 74.4 Å². The van der Waals surface area contributed by atoms with Crippen LogP contribution in [0.1, 0.15) is 30.1 Å². The van der Waals surface area contributed by atoms with Crippen molar-refractivity contribution < 1.29 is 19.2 Å². The van der Waals surface area contributed by atoms with Gasteiger partial charge in [0.05, 0.1) is 11.5 Å². The number of carbonyl (C=O) groups excluding carboxylic acids is 2. The van der Waals surface area contributed by atoms with Gasteiger partial charge in [0, 0.05) is 42.0 Å². The fraction of sp³-hybridized carbons (Fsp3) is 0.259. The summed E-state index contributed by atoms with van der Waals surface area (Å²) in [5.74, 6) is 0.206. The van der Waals surface area contributed by atoms with Crippen LogP contribution in [0.5, 0.6) is 5.75 Å². The molecule has 0 radical (unpaired) electrons. The molecule has 0 spiro atoms. The van der Waals surface area contributed by atoms with E-state index < -0.39 is 0 Å². The van der Waals surface area contributed by atoms with Crippen LogP contribution in [0.15, 0.2) is 72.8 Å². The highest BCUT2D eigenvalue weighted by Crippen LogP contribution is 2.31. The van der Waals surface area contributed by atoms with E-state index in [9.17, 15) is 19.7 Å². The summed E-state index contributed by atoms with van der Waals surface area (Å²) in [6.45, 7) is 3.61. The van der Waals surface area contributed by atoms with E-state index in [-0.39, 0.29) is 28.3 Å². The average molecular weight is 489 g/mol. The largest absolute Gasteiger partial charge is 0.494 e. The van der Waals surface area contributed by atoms with Crippen molar-refractivity contribution in [1.82, 2.24) is 0 Å². The third-order valence-electron chi connectivity index (χ3n) is 6.12. The van der Waals surface area contributed by atoms with Crippen molar-refractivity contribution in [3.8, 4) is 5.75 Å². The first-order chi connectivity index (χ1) is 17.4. The second-order valence-electron chi connectivity index (χ2n) is 8.49. The van der Waals surface area contributed by atoms with Crippen LogP contribution in [0.2, 0.25) is 0 Å². The predicted octanol–water partition coefficient (Wildman–Crippen LogP) is 5.10. The number of nitrogens with one attached hydrogen (secondary N) is 2. The summed E-state index contributed by atoms with van der Waals surface area (Å²) in [7, 11) is 0. The minimum absolute atomic E-state index is 0.0760. The monoisotopic (exact) mass is 488 g/mol. The predicted molar refractivity (Wildman–Crippen MR) is 139 cm³/mol. The van der Waals surface area contributed by atoms with Gasteiger partial charge in [-0.2, -0.15) is 0 Å². The first-order valence-corrected chi connectivity index (χ1v) is 11.9. The van der Waals surface area contributed by atoms with Crippen molar-refractivity contribution in [2.75, 3.05) is 35.2 Å². The smallest absolute Gasteiger partial charge is 0.292 e. The zero-order valence-electron chi connectivity index (χ0n) is 20.0. The minimum atomic E-state index is -0.379. The molecule has 1 saturated heterocycles. The molecule has 1 aliphatic rings. The fourth-order valence-electron chi connectivity index (χ4n) is 4.22. The van der Waals surface area contributed by atoms with Gasteiger partial charge < -0.3 is 20.3 Å². The molecular weight excluding hydrogens is 460 g/mol. The van der Waals surface area contributed by atoms with Gasteiger partial charge in [-0.3, -0.25) is 19.7 Å². The lowest BCUT2D eigenvalue weighted by Gasteiger charge is -2.32. The Morgan fingerprint density at radius 3 is 2.19 bits per heavy atom. The Labute approximate surface area is 209 Å². The van der Waals surface area contributed by atoms with Crippen molar-refractivity contribution in [2.24, 2.45) is 5.92 Å². The Morgan fingerprint density at radius 2 is 1.56 bits per heavy atom. The molecule has 186 valence electrons. The second kappa shape index (κ2) is 11.4. The number of nitrogens with zero attached hydrogens (tertiary/aromatic N) is 2. The Bertz CT molecular complexity index is 1220. The molecule has 4 rings (SSSR count). The Kier molecular flexibility index (Phi) is 7.79. The molecule has 1 fully saturated rings. The van der Waals surface area contributed by atoms with Crippen LogP contribution in [0, 0.1) is 16.0 Å². The van der Waals surface area contributed by atoms with Crippen molar-refractivity contribution in [1.29, 1.82) is 0 Å². The van der Waals surface area contributed by atoms with E-state index in [0.717, 1.165) is 5.75 Å².